The average Bonchev–Trinajstić information content (AvgIpc) is 2.55. The number of rotatable bonds is 6. The molecule has 0 saturated carbocycles. The summed E-state index contributed by atoms with van der Waals surface area (Å²) in [5.74, 6) is 0.187. The Morgan fingerprint density at radius 3 is 2.69 bits per heavy atom. The van der Waals surface area contributed by atoms with Crippen LogP contribution in [0.15, 0.2) is 0 Å². The Morgan fingerprint density at radius 1 is 1.38 bits per heavy atom. The van der Waals surface area contributed by atoms with Crippen LogP contribution in [-0.4, -0.2) is 57.6 Å². The second-order valence-electron chi connectivity index (χ2n) is 3.77. The molecule has 0 spiro atoms. The van der Waals surface area contributed by atoms with Crippen molar-refractivity contribution >= 4 is 15.9 Å². The van der Waals surface area contributed by atoms with Gasteiger partial charge in [-0.15, -0.1) is 0 Å². The first-order valence-electron chi connectivity index (χ1n) is 5.45. The van der Waals surface area contributed by atoms with Gasteiger partial charge < -0.3 is 10.6 Å². The van der Waals surface area contributed by atoms with E-state index in [1.54, 1.807) is 7.05 Å². The van der Waals surface area contributed by atoms with Gasteiger partial charge in [-0.25, -0.2) is 12.7 Å². The van der Waals surface area contributed by atoms with Gasteiger partial charge >= 0.3 is 0 Å². The minimum atomic E-state index is -3.03. The van der Waals surface area contributed by atoms with E-state index in [1.165, 1.54) is 4.31 Å². The fraction of sp³-hybridized carbons (Fsp3) is 0.889. The molecule has 1 saturated heterocycles. The number of hydrogen-bond acceptors (Lipinski definition) is 4. The molecule has 0 bridgehead atoms. The zero-order valence-corrected chi connectivity index (χ0v) is 10.3. The molecule has 0 unspecified atom stereocenters. The second-order valence-corrected chi connectivity index (χ2v) is 5.86. The maximum atomic E-state index is 11.4. The van der Waals surface area contributed by atoms with Crippen molar-refractivity contribution < 1.29 is 13.2 Å². The third-order valence-corrected chi connectivity index (χ3v) is 4.45. The topological polar surface area (TPSA) is 78.5 Å². The first-order chi connectivity index (χ1) is 7.56. The summed E-state index contributed by atoms with van der Waals surface area (Å²) in [7, 11) is -1.25. The summed E-state index contributed by atoms with van der Waals surface area (Å²) in [4.78, 5) is 11.2. The largest absolute Gasteiger partial charge is 0.355 e. The van der Waals surface area contributed by atoms with Crippen LogP contribution >= 0.6 is 0 Å². The van der Waals surface area contributed by atoms with Gasteiger partial charge in [-0.05, 0) is 13.5 Å². The first kappa shape index (κ1) is 13.4. The van der Waals surface area contributed by atoms with E-state index in [2.05, 4.69) is 10.6 Å². The summed E-state index contributed by atoms with van der Waals surface area (Å²) in [6, 6.07) is 0. The van der Waals surface area contributed by atoms with Gasteiger partial charge in [0.25, 0.3) is 0 Å². The molecular weight excluding hydrogens is 230 g/mol. The Kier molecular flexibility index (Phi) is 5.17. The van der Waals surface area contributed by atoms with Crippen molar-refractivity contribution in [3.05, 3.63) is 0 Å². The maximum Gasteiger partial charge on any atom is 0.221 e. The van der Waals surface area contributed by atoms with Crippen LogP contribution in [-0.2, 0) is 14.8 Å². The number of carbonyl (C=O) groups excluding carboxylic acids is 1. The molecule has 7 heteroatoms. The second kappa shape index (κ2) is 6.17. The van der Waals surface area contributed by atoms with Crippen molar-refractivity contribution in [1.82, 2.24) is 14.9 Å². The van der Waals surface area contributed by atoms with Crippen molar-refractivity contribution in [3.8, 4) is 0 Å². The number of carbonyl (C=O) groups is 1. The van der Waals surface area contributed by atoms with E-state index >= 15 is 0 Å². The Bertz CT molecular complexity index is 329. The molecular formula is C9H19N3O3S. The van der Waals surface area contributed by atoms with Crippen LogP contribution in [0.4, 0.5) is 0 Å². The molecule has 1 heterocycles. The fourth-order valence-corrected chi connectivity index (χ4v) is 3.12. The van der Waals surface area contributed by atoms with E-state index in [-0.39, 0.29) is 11.7 Å². The summed E-state index contributed by atoms with van der Waals surface area (Å²) < 4.78 is 24.3. The van der Waals surface area contributed by atoms with Crippen molar-refractivity contribution in [3.63, 3.8) is 0 Å². The highest BCUT2D eigenvalue weighted by molar-refractivity contribution is 7.89. The lowest BCUT2D eigenvalue weighted by molar-refractivity contribution is -0.120. The van der Waals surface area contributed by atoms with Crippen molar-refractivity contribution in [2.45, 2.75) is 12.8 Å². The van der Waals surface area contributed by atoms with Crippen molar-refractivity contribution in [2.75, 3.05) is 39.0 Å². The lowest BCUT2D eigenvalue weighted by Crippen LogP contribution is -2.36. The van der Waals surface area contributed by atoms with E-state index in [1.807, 2.05) is 0 Å². The summed E-state index contributed by atoms with van der Waals surface area (Å²) >= 11 is 0. The van der Waals surface area contributed by atoms with E-state index < -0.39 is 10.0 Å². The first-order valence-corrected chi connectivity index (χ1v) is 7.06. The number of nitrogens with zero attached hydrogens (tertiary/aromatic N) is 1. The van der Waals surface area contributed by atoms with E-state index in [0.717, 1.165) is 0 Å². The molecule has 6 nitrogen and oxygen atoms in total. The lowest BCUT2D eigenvalue weighted by atomic mass is 10.4. The van der Waals surface area contributed by atoms with E-state index in [0.29, 0.717) is 39.0 Å². The number of hydrogen-bond donors (Lipinski definition) is 2. The highest BCUT2D eigenvalue weighted by atomic mass is 32.2. The van der Waals surface area contributed by atoms with Crippen LogP contribution < -0.4 is 10.6 Å². The highest BCUT2D eigenvalue weighted by Crippen LogP contribution is 2.11. The number of sulfonamides is 1. The molecule has 1 amide bonds. The molecule has 1 aliphatic heterocycles. The predicted molar refractivity (Wildman–Crippen MR) is 61.5 cm³/mol. The molecule has 0 aromatic rings. The van der Waals surface area contributed by atoms with Crippen LogP contribution in [0.25, 0.3) is 0 Å². The monoisotopic (exact) mass is 249 g/mol. The van der Waals surface area contributed by atoms with Gasteiger partial charge in [0.1, 0.15) is 0 Å². The molecule has 1 aliphatic rings. The summed E-state index contributed by atoms with van der Waals surface area (Å²) in [5.41, 5.74) is 0. The van der Waals surface area contributed by atoms with E-state index in [4.69, 9.17) is 0 Å². The van der Waals surface area contributed by atoms with Gasteiger partial charge in [0, 0.05) is 32.6 Å². The quantitative estimate of drug-likeness (QED) is 0.616. The molecule has 0 aromatic heterocycles. The minimum Gasteiger partial charge on any atom is -0.355 e. The SMILES string of the molecule is CNCCC(=O)NCCN1CCCS1(=O)=O. The van der Waals surface area contributed by atoms with Crippen molar-refractivity contribution in [1.29, 1.82) is 0 Å². The lowest BCUT2D eigenvalue weighted by Gasteiger charge is -2.14. The van der Waals surface area contributed by atoms with Gasteiger partial charge in [0.2, 0.25) is 15.9 Å². The Balaban J connectivity index is 2.18. The summed E-state index contributed by atoms with van der Waals surface area (Å²) in [6.45, 7) is 1.98. The molecule has 0 aromatic carbocycles. The standard InChI is InChI=1S/C9H19N3O3S/c1-10-4-3-9(13)11-5-7-12-6-2-8-16(12,14)15/h10H,2-8H2,1H3,(H,11,13). The molecule has 1 fully saturated rings. The van der Waals surface area contributed by atoms with Crippen molar-refractivity contribution in [2.24, 2.45) is 0 Å². The van der Waals surface area contributed by atoms with Crippen LogP contribution in [0.3, 0.4) is 0 Å². The zero-order chi connectivity index (χ0) is 12.0. The molecule has 16 heavy (non-hydrogen) atoms. The Hall–Kier alpha value is -0.660. The number of nitrogens with one attached hydrogen (secondary N) is 2. The molecule has 0 atom stereocenters. The van der Waals surface area contributed by atoms with Gasteiger partial charge in [0.05, 0.1) is 5.75 Å². The maximum absolute atomic E-state index is 11.4. The molecule has 2 N–H and O–H groups in total. The predicted octanol–water partition coefficient (Wildman–Crippen LogP) is -1.25. The summed E-state index contributed by atoms with van der Waals surface area (Å²) in [5, 5.41) is 5.57. The molecule has 0 radical (unpaired) electrons. The van der Waals surface area contributed by atoms with Crippen LogP contribution in [0.2, 0.25) is 0 Å². The van der Waals surface area contributed by atoms with Crippen LogP contribution in [0, 0.1) is 0 Å². The Labute approximate surface area is 96.4 Å². The van der Waals surface area contributed by atoms with Gasteiger partial charge in [-0.2, -0.15) is 0 Å². The summed E-state index contributed by atoms with van der Waals surface area (Å²) in [6.07, 6.45) is 1.11. The zero-order valence-electron chi connectivity index (χ0n) is 9.53. The van der Waals surface area contributed by atoms with Gasteiger partial charge in [0.15, 0.2) is 0 Å². The third-order valence-electron chi connectivity index (χ3n) is 2.49. The molecule has 94 valence electrons. The third kappa shape index (κ3) is 4.07. The van der Waals surface area contributed by atoms with E-state index in [9.17, 15) is 13.2 Å². The normalized spacial score (nSPS) is 19.8. The smallest absolute Gasteiger partial charge is 0.221 e. The van der Waals surface area contributed by atoms with Crippen LogP contribution in [0.5, 0.6) is 0 Å². The minimum absolute atomic E-state index is 0.0501. The van der Waals surface area contributed by atoms with Gasteiger partial charge in [-0.3, -0.25) is 4.79 Å². The number of amides is 1. The molecule has 1 rings (SSSR count). The fourth-order valence-electron chi connectivity index (χ4n) is 1.59. The average molecular weight is 249 g/mol. The van der Waals surface area contributed by atoms with Crippen LogP contribution in [0.1, 0.15) is 12.8 Å². The molecule has 0 aliphatic carbocycles. The van der Waals surface area contributed by atoms with Gasteiger partial charge in [-0.1, -0.05) is 0 Å². The Morgan fingerprint density at radius 2 is 2.12 bits per heavy atom. The highest BCUT2D eigenvalue weighted by Gasteiger charge is 2.27.